The fourth-order valence-electron chi connectivity index (χ4n) is 0.950. The van der Waals surface area contributed by atoms with E-state index < -0.39 is 0 Å². The number of hydrogen-bond donors (Lipinski definition) is 0. The summed E-state index contributed by atoms with van der Waals surface area (Å²) in [4.78, 5) is 10.9. The average molecular weight is 156 g/mol. The number of carbonyl (C=O) groups is 1. The Labute approximate surface area is 67.9 Å². The number of hydrogen-bond acceptors (Lipinski definition) is 2. The zero-order valence-corrected chi connectivity index (χ0v) is 7.14. The third-order valence-corrected chi connectivity index (χ3v) is 1.81. The van der Waals surface area contributed by atoms with Crippen molar-refractivity contribution in [2.75, 3.05) is 0 Å². The third kappa shape index (κ3) is 4.02. The molecule has 0 aromatic heterocycles. The van der Waals surface area contributed by atoms with Gasteiger partial charge in [-0.05, 0) is 19.3 Å². The van der Waals surface area contributed by atoms with Gasteiger partial charge in [-0.3, -0.25) is 4.79 Å². The lowest BCUT2D eigenvalue weighted by Gasteiger charge is -2.00. The van der Waals surface area contributed by atoms with E-state index in [-0.39, 0.29) is 12.1 Å². The predicted molar refractivity (Wildman–Crippen MR) is 43.3 cm³/mol. The molecule has 1 aliphatic carbocycles. The van der Waals surface area contributed by atoms with E-state index in [0.29, 0.717) is 6.42 Å². The van der Waals surface area contributed by atoms with Crippen LogP contribution >= 0.6 is 0 Å². The van der Waals surface area contributed by atoms with Crippen LogP contribution in [0.4, 0.5) is 0 Å². The van der Waals surface area contributed by atoms with E-state index in [1.54, 1.807) is 0 Å². The molecule has 0 aromatic rings. The molecule has 1 saturated carbocycles. The molecule has 0 saturated heterocycles. The summed E-state index contributed by atoms with van der Waals surface area (Å²) in [7, 11) is 0. The van der Waals surface area contributed by atoms with Crippen molar-refractivity contribution in [1.82, 2.24) is 0 Å². The fourth-order valence-corrected chi connectivity index (χ4v) is 0.950. The maximum absolute atomic E-state index is 10.9. The molecule has 0 amide bonds. The first kappa shape index (κ1) is 8.57. The minimum Gasteiger partial charge on any atom is -0.462 e. The summed E-state index contributed by atoms with van der Waals surface area (Å²) in [5, 5.41) is 0. The van der Waals surface area contributed by atoms with Gasteiger partial charge in [0.25, 0.3) is 0 Å². The smallest absolute Gasteiger partial charge is 0.306 e. The molecule has 1 rings (SSSR count). The molecule has 2 heteroatoms. The number of rotatable bonds is 5. The van der Waals surface area contributed by atoms with Gasteiger partial charge in [0.15, 0.2) is 0 Å². The van der Waals surface area contributed by atoms with Gasteiger partial charge in [-0.2, -0.15) is 0 Å². The topological polar surface area (TPSA) is 26.3 Å². The normalized spacial score (nSPS) is 16.5. The quantitative estimate of drug-likeness (QED) is 0.451. The van der Waals surface area contributed by atoms with E-state index in [9.17, 15) is 4.79 Å². The van der Waals surface area contributed by atoms with Crippen LogP contribution < -0.4 is 0 Å². The Hall–Kier alpha value is -0.530. The van der Waals surface area contributed by atoms with Gasteiger partial charge in [-0.1, -0.05) is 19.8 Å². The number of esters is 1. The van der Waals surface area contributed by atoms with Crippen molar-refractivity contribution >= 4 is 5.97 Å². The molecule has 0 unspecified atom stereocenters. The molecule has 0 bridgehead atoms. The maximum Gasteiger partial charge on any atom is 0.306 e. The van der Waals surface area contributed by atoms with E-state index in [1.807, 2.05) is 0 Å². The lowest BCUT2D eigenvalue weighted by Crippen LogP contribution is -2.05. The molecular formula is C9H16O2. The first-order valence-corrected chi connectivity index (χ1v) is 4.52. The van der Waals surface area contributed by atoms with E-state index in [2.05, 4.69) is 6.92 Å². The van der Waals surface area contributed by atoms with Gasteiger partial charge >= 0.3 is 5.97 Å². The van der Waals surface area contributed by atoms with Crippen LogP contribution in [0.5, 0.6) is 0 Å². The number of unbranched alkanes of at least 4 members (excludes halogenated alkanes) is 2. The molecule has 64 valence electrons. The van der Waals surface area contributed by atoms with Crippen LogP contribution in [-0.4, -0.2) is 12.1 Å². The Kier molecular flexibility index (Phi) is 3.40. The highest BCUT2D eigenvalue weighted by Gasteiger charge is 2.25. The molecule has 0 atom stereocenters. The maximum atomic E-state index is 10.9. The van der Waals surface area contributed by atoms with Crippen LogP contribution in [0.3, 0.4) is 0 Å². The van der Waals surface area contributed by atoms with Crippen LogP contribution in [0.1, 0.15) is 45.4 Å². The predicted octanol–water partition coefficient (Wildman–Crippen LogP) is 2.27. The summed E-state index contributed by atoms with van der Waals surface area (Å²) in [6, 6.07) is 0. The number of ether oxygens (including phenoxy) is 1. The van der Waals surface area contributed by atoms with Gasteiger partial charge in [0, 0.05) is 6.42 Å². The van der Waals surface area contributed by atoms with Gasteiger partial charge in [-0.25, -0.2) is 0 Å². The standard InChI is InChI=1S/C9H16O2/c1-2-3-4-5-9(10)11-8-6-7-8/h8H,2-7H2,1H3. The molecule has 0 N–H and O–H groups in total. The van der Waals surface area contributed by atoms with Gasteiger partial charge in [-0.15, -0.1) is 0 Å². The summed E-state index contributed by atoms with van der Waals surface area (Å²) < 4.78 is 5.07. The Balaban J connectivity index is 1.92. The lowest BCUT2D eigenvalue weighted by molar-refractivity contribution is -0.145. The van der Waals surface area contributed by atoms with E-state index in [0.717, 1.165) is 32.1 Å². The second-order valence-electron chi connectivity index (χ2n) is 3.15. The molecule has 0 aliphatic heterocycles. The lowest BCUT2D eigenvalue weighted by atomic mass is 10.2. The summed E-state index contributed by atoms with van der Waals surface area (Å²) in [6.45, 7) is 2.13. The summed E-state index contributed by atoms with van der Waals surface area (Å²) >= 11 is 0. The molecule has 0 aromatic carbocycles. The Morgan fingerprint density at radius 3 is 2.73 bits per heavy atom. The highest BCUT2D eigenvalue weighted by atomic mass is 16.5. The summed E-state index contributed by atoms with van der Waals surface area (Å²) in [5.41, 5.74) is 0. The molecule has 1 fully saturated rings. The third-order valence-electron chi connectivity index (χ3n) is 1.81. The first-order valence-electron chi connectivity index (χ1n) is 4.52. The van der Waals surface area contributed by atoms with Crippen molar-refractivity contribution in [1.29, 1.82) is 0 Å². The van der Waals surface area contributed by atoms with Gasteiger partial charge in [0.2, 0.25) is 0 Å². The van der Waals surface area contributed by atoms with Gasteiger partial charge in [0.05, 0.1) is 0 Å². The molecule has 1 aliphatic rings. The van der Waals surface area contributed by atoms with E-state index >= 15 is 0 Å². The van der Waals surface area contributed by atoms with Crippen molar-refractivity contribution in [3.8, 4) is 0 Å². The highest BCUT2D eigenvalue weighted by Crippen LogP contribution is 2.24. The van der Waals surface area contributed by atoms with Crippen LogP contribution in [0.25, 0.3) is 0 Å². The minimum atomic E-state index is 0.000880. The molecule has 11 heavy (non-hydrogen) atoms. The molecule has 0 spiro atoms. The fraction of sp³-hybridized carbons (Fsp3) is 0.889. The van der Waals surface area contributed by atoms with Crippen LogP contribution in [-0.2, 0) is 9.53 Å². The van der Waals surface area contributed by atoms with Crippen molar-refractivity contribution in [3.63, 3.8) is 0 Å². The second kappa shape index (κ2) is 4.37. The van der Waals surface area contributed by atoms with Crippen molar-refractivity contribution in [3.05, 3.63) is 0 Å². The van der Waals surface area contributed by atoms with Crippen molar-refractivity contribution in [2.24, 2.45) is 0 Å². The Morgan fingerprint density at radius 2 is 2.18 bits per heavy atom. The van der Waals surface area contributed by atoms with E-state index in [1.165, 1.54) is 0 Å². The van der Waals surface area contributed by atoms with E-state index in [4.69, 9.17) is 4.74 Å². The summed E-state index contributed by atoms with van der Waals surface area (Å²) in [6.07, 6.45) is 6.35. The molecular weight excluding hydrogens is 140 g/mol. The van der Waals surface area contributed by atoms with Gasteiger partial charge in [0.1, 0.15) is 6.10 Å². The Morgan fingerprint density at radius 1 is 1.45 bits per heavy atom. The van der Waals surface area contributed by atoms with Crippen LogP contribution in [0, 0.1) is 0 Å². The molecule has 2 nitrogen and oxygen atoms in total. The zero-order valence-electron chi connectivity index (χ0n) is 7.14. The molecule has 0 radical (unpaired) electrons. The van der Waals surface area contributed by atoms with Crippen molar-refractivity contribution in [2.45, 2.75) is 51.6 Å². The minimum absolute atomic E-state index is 0.000880. The largest absolute Gasteiger partial charge is 0.462 e. The van der Waals surface area contributed by atoms with Crippen LogP contribution in [0.15, 0.2) is 0 Å². The molecule has 0 heterocycles. The van der Waals surface area contributed by atoms with Crippen LogP contribution in [0.2, 0.25) is 0 Å². The van der Waals surface area contributed by atoms with Crippen molar-refractivity contribution < 1.29 is 9.53 Å². The SMILES string of the molecule is CCCCCC(=O)OC1CC1. The monoisotopic (exact) mass is 156 g/mol. The highest BCUT2D eigenvalue weighted by molar-refractivity contribution is 5.69. The average Bonchev–Trinajstić information content (AvgIpc) is 2.72. The zero-order chi connectivity index (χ0) is 8.10. The Bertz CT molecular complexity index is 128. The first-order chi connectivity index (χ1) is 5.33. The number of carbonyl (C=O) groups excluding carboxylic acids is 1. The van der Waals surface area contributed by atoms with Gasteiger partial charge < -0.3 is 4.74 Å². The summed E-state index contributed by atoms with van der Waals surface area (Å²) in [5.74, 6) is 0.000880. The second-order valence-corrected chi connectivity index (χ2v) is 3.15.